The van der Waals surface area contributed by atoms with Crippen LogP contribution in [-0.4, -0.2) is 0 Å². The van der Waals surface area contributed by atoms with Crippen LogP contribution in [0.2, 0.25) is 0 Å². The molecule has 0 fully saturated rings. The first kappa shape index (κ1) is 5.84. The van der Waals surface area contributed by atoms with Gasteiger partial charge in [0.25, 0.3) is 0 Å². The zero-order chi connectivity index (χ0) is 5.82. The summed E-state index contributed by atoms with van der Waals surface area (Å²) in [5.41, 5.74) is 1.16. The van der Waals surface area contributed by atoms with Crippen LogP contribution in [0.25, 0.3) is 0 Å². The van der Waals surface area contributed by atoms with Crippen LogP contribution < -0.4 is 3.88 Å². The van der Waals surface area contributed by atoms with Gasteiger partial charge in [0.05, 0.1) is 0 Å². The van der Waals surface area contributed by atoms with Gasteiger partial charge in [0.15, 0.2) is 0 Å². The Hall–Kier alpha value is -0.292. The summed E-state index contributed by atoms with van der Waals surface area (Å²) in [5, 5.41) is 0. The molecular weight excluding hydrogens is 182 g/mol. The molecule has 0 aliphatic heterocycles. The average Bonchev–Trinajstić information content (AvgIpc) is 1.90. The van der Waals surface area contributed by atoms with Crippen LogP contribution in [-0.2, 0) is 20.1 Å². The van der Waals surface area contributed by atoms with Crippen molar-refractivity contribution in [3.8, 4) is 0 Å². The van der Waals surface area contributed by atoms with Crippen LogP contribution in [0.5, 0.6) is 0 Å². The molecule has 0 aliphatic rings. The summed E-state index contributed by atoms with van der Waals surface area (Å²) in [4.78, 5) is 0. The van der Waals surface area contributed by atoms with Gasteiger partial charge < -0.3 is 0 Å². The summed E-state index contributed by atoms with van der Waals surface area (Å²) in [7, 11) is 0. The molecular formula is C6H6MoN. The van der Waals surface area contributed by atoms with Gasteiger partial charge in [-0.1, -0.05) is 0 Å². The van der Waals surface area contributed by atoms with Crippen molar-refractivity contribution in [1.82, 2.24) is 0 Å². The van der Waals surface area contributed by atoms with Gasteiger partial charge in [-0.05, 0) is 0 Å². The topological polar surface area (TPSA) is 12.0 Å². The number of anilines is 1. The molecule has 1 N–H and O–H groups in total. The third-order valence-electron chi connectivity index (χ3n) is 0.892. The summed E-state index contributed by atoms with van der Waals surface area (Å²) < 4.78 is 3.04. The third kappa shape index (κ3) is 1.34. The first-order valence-corrected chi connectivity index (χ1v) is 3.37. The van der Waals surface area contributed by atoms with Crippen LogP contribution in [0.3, 0.4) is 0 Å². The van der Waals surface area contributed by atoms with E-state index < -0.39 is 0 Å². The second-order valence-corrected chi connectivity index (χ2v) is 1.97. The normalized spacial score (nSPS) is 8.50. The molecule has 8 heavy (non-hydrogen) atoms. The van der Waals surface area contributed by atoms with Crippen molar-refractivity contribution in [3.63, 3.8) is 0 Å². The van der Waals surface area contributed by atoms with E-state index in [1.165, 1.54) is 0 Å². The second-order valence-electron chi connectivity index (χ2n) is 1.47. The Morgan fingerprint density at radius 3 is 2.12 bits per heavy atom. The minimum atomic E-state index is 1.16. The Labute approximate surface area is 60.3 Å². The zero-order valence-electron chi connectivity index (χ0n) is 4.29. The van der Waals surface area contributed by atoms with E-state index in [9.17, 15) is 0 Å². The van der Waals surface area contributed by atoms with Crippen molar-refractivity contribution in [2.45, 2.75) is 0 Å². The molecule has 2 heteroatoms. The summed E-state index contributed by atoms with van der Waals surface area (Å²) in [6, 6.07) is 10.1. The fourth-order valence-corrected chi connectivity index (χ4v) is 0.841. The molecule has 0 aliphatic carbocycles. The van der Waals surface area contributed by atoms with Gasteiger partial charge in [0.1, 0.15) is 0 Å². The molecule has 0 aromatic heterocycles. The SMILES string of the molecule is [Mo][NH]c1ccccc1. The standard InChI is InChI=1S/C6H6N.Mo/c7-6-4-2-1-3-5-6;/h1-5,7H;/q-1;+1. The molecule has 41 valence electrons. The molecule has 1 rings (SSSR count). The molecule has 0 heterocycles. The van der Waals surface area contributed by atoms with Crippen LogP contribution >= 0.6 is 0 Å². The van der Waals surface area contributed by atoms with Crippen molar-refractivity contribution >= 4 is 5.69 Å². The molecule has 1 aromatic carbocycles. The Bertz CT molecular complexity index is 150. The monoisotopic (exact) mass is 190 g/mol. The first-order valence-electron chi connectivity index (χ1n) is 2.36. The molecule has 0 bridgehead atoms. The van der Waals surface area contributed by atoms with Gasteiger partial charge in [0.2, 0.25) is 0 Å². The van der Waals surface area contributed by atoms with E-state index in [1.54, 1.807) is 0 Å². The average molecular weight is 188 g/mol. The van der Waals surface area contributed by atoms with E-state index in [1.807, 2.05) is 50.4 Å². The van der Waals surface area contributed by atoms with Gasteiger partial charge in [-0.3, -0.25) is 0 Å². The predicted molar refractivity (Wildman–Crippen MR) is 30.1 cm³/mol. The molecule has 0 spiro atoms. The van der Waals surface area contributed by atoms with Gasteiger partial charge >= 0.3 is 60.0 Å². The summed E-state index contributed by atoms with van der Waals surface area (Å²) in [6.45, 7) is 0. The molecule has 1 aromatic rings. The number of nitrogens with one attached hydrogen (secondary N) is 1. The Morgan fingerprint density at radius 2 is 1.75 bits per heavy atom. The number of para-hydroxylation sites is 1. The first-order chi connectivity index (χ1) is 3.93. The fraction of sp³-hybridized carbons (Fsp3) is 0. The van der Waals surface area contributed by atoms with Crippen LogP contribution in [0.15, 0.2) is 30.3 Å². The summed E-state index contributed by atoms with van der Waals surface area (Å²) >= 11 is 1.85. The van der Waals surface area contributed by atoms with Gasteiger partial charge in [-0.15, -0.1) is 0 Å². The third-order valence-corrected chi connectivity index (χ3v) is 1.47. The van der Waals surface area contributed by atoms with E-state index in [4.69, 9.17) is 0 Å². The Kier molecular flexibility index (Phi) is 2.10. The minimum absolute atomic E-state index is 1.16. The van der Waals surface area contributed by atoms with Crippen LogP contribution in [0.1, 0.15) is 0 Å². The Balaban J connectivity index is 2.83. The van der Waals surface area contributed by atoms with E-state index >= 15 is 0 Å². The summed E-state index contributed by atoms with van der Waals surface area (Å²) in [6.07, 6.45) is 0. The molecule has 0 saturated heterocycles. The van der Waals surface area contributed by atoms with Gasteiger partial charge in [-0.2, -0.15) is 0 Å². The van der Waals surface area contributed by atoms with Crippen LogP contribution in [0, 0.1) is 0 Å². The number of rotatable bonds is 1. The van der Waals surface area contributed by atoms with Crippen LogP contribution in [0.4, 0.5) is 5.69 Å². The van der Waals surface area contributed by atoms with Crippen molar-refractivity contribution in [3.05, 3.63) is 30.3 Å². The number of hydrogen-bond acceptors (Lipinski definition) is 1. The van der Waals surface area contributed by atoms with E-state index in [0.29, 0.717) is 0 Å². The van der Waals surface area contributed by atoms with Crippen molar-refractivity contribution in [2.24, 2.45) is 0 Å². The molecule has 0 unspecified atom stereocenters. The van der Waals surface area contributed by atoms with Gasteiger partial charge in [-0.25, -0.2) is 0 Å². The predicted octanol–water partition coefficient (Wildman–Crippen LogP) is 1.56. The number of hydrogen-bond donors (Lipinski definition) is 1. The maximum absolute atomic E-state index is 3.04. The quantitative estimate of drug-likeness (QED) is 0.659. The van der Waals surface area contributed by atoms with Crippen molar-refractivity contribution in [1.29, 1.82) is 0 Å². The Morgan fingerprint density at radius 1 is 1.12 bits per heavy atom. The zero-order valence-corrected chi connectivity index (χ0v) is 6.30. The molecule has 0 atom stereocenters. The van der Waals surface area contributed by atoms with E-state index in [-0.39, 0.29) is 0 Å². The fourth-order valence-electron chi connectivity index (χ4n) is 0.506. The molecule has 0 amide bonds. The molecule has 0 radical (unpaired) electrons. The van der Waals surface area contributed by atoms with E-state index in [2.05, 4.69) is 3.88 Å². The maximum atomic E-state index is 3.04. The molecule has 0 saturated carbocycles. The van der Waals surface area contributed by atoms with Gasteiger partial charge in [0, 0.05) is 0 Å². The van der Waals surface area contributed by atoms with Crippen molar-refractivity contribution < 1.29 is 20.1 Å². The number of benzene rings is 1. The molecule has 1 nitrogen and oxygen atoms in total. The second kappa shape index (κ2) is 2.88. The summed E-state index contributed by atoms with van der Waals surface area (Å²) in [5.74, 6) is 0. The van der Waals surface area contributed by atoms with E-state index in [0.717, 1.165) is 5.69 Å². The van der Waals surface area contributed by atoms with Crippen molar-refractivity contribution in [2.75, 3.05) is 3.88 Å².